The minimum Gasteiger partial charge on any atom is -0.389 e. The van der Waals surface area contributed by atoms with E-state index in [-0.39, 0.29) is 10.00 Å². The van der Waals surface area contributed by atoms with Gasteiger partial charge in [-0.1, -0.05) is 6.92 Å². The van der Waals surface area contributed by atoms with Gasteiger partial charge in [-0.05, 0) is 26.7 Å². The lowest BCUT2D eigenvalue weighted by molar-refractivity contribution is -0.108. The maximum absolute atomic E-state index is 10.4. The van der Waals surface area contributed by atoms with Crippen molar-refractivity contribution in [2.45, 2.75) is 55.6 Å². The first-order valence-electron chi connectivity index (χ1n) is 4.71. The average Bonchev–Trinajstić information content (AvgIpc) is 2.31. The van der Waals surface area contributed by atoms with Crippen molar-refractivity contribution in [2.24, 2.45) is 0 Å². The number of thioether (sulfide) groups is 1. The van der Waals surface area contributed by atoms with Crippen LogP contribution in [0.3, 0.4) is 0 Å². The zero-order valence-electron chi connectivity index (χ0n) is 8.54. The van der Waals surface area contributed by atoms with E-state index in [1.807, 2.05) is 13.8 Å². The summed E-state index contributed by atoms with van der Waals surface area (Å²) in [6, 6.07) is 0. The van der Waals surface area contributed by atoms with E-state index in [2.05, 4.69) is 6.92 Å². The summed E-state index contributed by atoms with van der Waals surface area (Å²) < 4.78 is 0.0619. The monoisotopic (exact) mass is 202 g/mol. The van der Waals surface area contributed by atoms with E-state index in [0.29, 0.717) is 6.42 Å². The van der Waals surface area contributed by atoms with Gasteiger partial charge in [0.2, 0.25) is 0 Å². The molecule has 0 aromatic carbocycles. The fourth-order valence-electron chi connectivity index (χ4n) is 1.72. The maximum atomic E-state index is 10.4. The van der Waals surface area contributed by atoms with Gasteiger partial charge in [0.05, 0.1) is 5.60 Å². The first kappa shape index (κ1) is 11.1. The molecule has 0 aromatic rings. The summed E-state index contributed by atoms with van der Waals surface area (Å²) in [4.78, 5) is 10.4. The molecule has 0 aromatic heterocycles. The summed E-state index contributed by atoms with van der Waals surface area (Å²) in [6.45, 7) is 5.80. The summed E-state index contributed by atoms with van der Waals surface area (Å²) >= 11 is 1.76. The van der Waals surface area contributed by atoms with Crippen molar-refractivity contribution >= 4 is 18.0 Å². The predicted octanol–water partition coefficient (Wildman–Crippen LogP) is 2.00. The summed E-state index contributed by atoms with van der Waals surface area (Å²) in [5.41, 5.74) is -0.620. The third kappa shape index (κ3) is 2.71. The van der Waals surface area contributed by atoms with Gasteiger partial charge in [0.15, 0.2) is 0 Å². The fourth-order valence-corrected chi connectivity index (χ4v) is 3.33. The molecule has 0 spiro atoms. The molecule has 3 heteroatoms. The van der Waals surface area contributed by atoms with Gasteiger partial charge in [0.1, 0.15) is 6.29 Å². The van der Waals surface area contributed by atoms with Crippen LogP contribution in [0.4, 0.5) is 0 Å². The molecule has 1 N–H and O–H groups in total. The Hall–Kier alpha value is -0.0200. The molecule has 0 radical (unpaired) electrons. The van der Waals surface area contributed by atoms with Crippen molar-refractivity contribution in [3.05, 3.63) is 0 Å². The van der Waals surface area contributed by atoms with Gasteiger partial charge in [-0.15, -0.1) is 11.8 Å². The van der Waals surface area contributed by atoms with Crippen LogP contribution < -0.4 is 0 Å². The van der Waals surface area contributed by atoms with E-state index in [0.717, 1.165) is 19.1 Å². The highest BCUT2D eigenvalue weighted by molar-refractivity contribution is 8.01. The average molecular weight is 202 g/mol. The molecule has 2 atom stereocenters. The van der Waals surface area contributed by atoms with Gasteiger partial charge >= 0.3 is 0 Å². The molecule has 0 bridgehead atoms. The second-order valence-electron chi connectivity index (χ2n) is 4.62. The first-order valence-corrected chi connectivity index (χ1v) is 5.59. The smallest absolute Gasteiger partial charge is 0.121 e. The van der Waals surface area contributed by atoms with Crippen LogP contribution in [0, 0.1) is 0 Å². The highest BCUT2D eigenvalue weighted by atomic mass is 32.2. The molecule has 0 saturated carbocycles. The van der Waals surface area contributed by atoms with Crippen LogP contribution in [-0.4, -0.2) is 27.0 Å². The van der Waals surface area contributed by atoms with Gasteiger partial charge in [0.25, 0.3) is 0 Å². The standard InChI is InChI=1S/C10H18O2S/c1-9(2,12)8-4-5-10(3,13-8)6-7-11/h7-8,12H,4-6H2,1-3H3. The van der Waals surface area contributed by atoms with E-state index in [1.165, 1.54) is 0 Å². The van der Waals surface area contributed by atoms with Crippen molar-refractivity contribution in [1.82, 2.24) is 0 Å². The summed E-state index contributed by atoms with van der Waals surface area (Å²) in [6.07, 6.45) is 3.63. The van der Waals surface area contributed by atoms with E-state index < -0.39 is 5.60 Å². The summed E-state index contributed by atoms with van der Waals surface area (Å²) in [5, 5.41) is 10.1. The molecular formula is C10H18O2S. The molecule has 2 nitrogen and oxygen atoms in total. The van der Waals surface area contributed by atoms with Gasteiger partial charge in [-0.25, -0.2) is 0 Å². The Balaban J connectivity index is 2.58. The van der Waals surface area contributed by atoms with Crippen LogP contribution in [0.1, 0.15) is 40.0 Å². The van der Waals surface area contributed by atoms with Gasteiger partial charge in [0, 0.05) is 16.4 Å². The molecule has 13 heavy (non-hydrogen) atoms. The Bertz CT molecular complexity index is 198. The number of carbonyl (C=O) groups is 1. The van der Waals surface area contributed by atoms with Crippen LogP contribution in [0.5, 0.6) is 0 Å². The Kier molecular flexibility index (Phi) is 3.08. The third-order valence-corrected chi connectivity index (χ3v) is 4.70. The Morgan fingerprint density at radius 1 is 1.69 bits per heavy atom. The van der Waals surface area contributed by atoms with Crippen LogP contribution in [0.15, 0.2) is 0 Å². The van der Waals surface area contributed by atoms with Crippen LogP contribution in [0.25, 0.3) is 0 Å². The number of aliphatic hydroxyl groups is 1. The largest absolute Gasteiger partial charge is 0.389 e. The molecule has 1 rings (SSSR count). The first-order chi connectivity index (χ1) is 5.87. The van der Waals surface area contributed by atoms with Gasteiger partial charge < -0.3 is 9.90 Å². The van der Waals surface area contributed by atoms with Crippen molar-refractivity contribution < 1.29 is 9.90 Å². The number of aldehydes is 1. The quantitative estimate of drug-likeness (QED) is 0.711. The van der Waals surface area contributed by atoms with Crippen LogP contribution in [0.2, 0.25) is 0 Å². The highest BCUT2D eigenvalue weighted by Gasteiger charge is 2.41. The highest BCUT2D eigenvalue weighted by Crippen LogP contribution is 2.48. The van der Waals surface area contributed by atoms with Crippen molar-refractivity contribution in [3.63, 3.8) is 0 Å². The van der Waals surface area contributed by atoms with E-state index in [1.54, 1.807) is 11.8 Å². The molecule has 1 heterocycles. The molecule has 1 fully saturated rings. The maximum Gasteiger partial charge on any atom is 0.121 e. The minimum atomic E-state index is -0.620. The van der Waals surface area contributed by atoms with Crippen molar-refractivity contribution in [3.8, 4) is 0 Å². The number of rotatable bonds is 3. The SMILES string of the molecule is CC1(CC=O)CCC(C(C)(C)O)S1. The lowest BCUT2D eigenvalue weighted by Gasteiger charge is -2.27. The van der Waals surface area contributed by atoms with E-state index >= 15 is 0 Å². The zero-order valence-corrected chi connectivity index (χ0v) is 9.36. The van der Waals surface area contributed by atoms with E-state index in [9.17, 15) is 9.90 Å². The molecule has 1 saturated heterocycles. The Morgan fingerprint density at radius 3 is 2.69 bits per heavy atom. The normalized spacial score (nSPS) is 34.9. The molecular weight excluding hydrogens is 184 g/mol. The van der Waals surface area contributed by atoms with Gasteiger partial charge in [-0.3, -0.25) is 0 Å². The molecule has 0 aliphatic carbocycles. The number of hydrogen-bond acceptors (Lipinski definition) is 3. The fraction of sp³-hybridized carbons (Fsp3) is 0.900. The molecule has 76 valence electrons. The summed E-state index contributed by atoms with van der Waals surface area (Å²) in [5.74, 6) is 0. The second-order valence-corrected chi connectivity index (χ2v) is 6.41. The van der Waals surface area contributed by atoms with Crippen molar-refractivity contribution in [2.75, 3.05) is 0 Å². The molecule has 1 aliphatic rings. The number of hydrogen-bond donors (Lipinski definition) is 1. The molecule has 0 amide bonds. The van der Waals surface area contributed by atoms with Crippen molar-refractivity contribution in [1.29, 1.82) is 0 Å². The Labute approximate surface area is 84.1 Å². The predicted molar refractivity (Wildman–Crippen MR) is 56.0 cm³/mol. The molecule has 2 unspecified atom stereocenters. The van der Waals surface area contributed by atoms with E-state index in [4.69, 9.17) is 0 Å². The minimum absolute atomic E-state index is 0.0619. The number of carbonyl (C=O) groups excluding carboxylic acids is 1. The van der Waals surface area contributed by atoms with Gasteiger partial charge in [-0.2, -0.15) is 0 Å². The second kappa shape index (κ2) is 3.62. The summed E-state index contributed by atoms with van der Waals surface area (Å²) in [7, 11) is 0. The molecule has 1 aliphatic heterocycles. The van der Waals surface area contributed by atoms with Crippen LogP contribution in [-0.2, 0) is 4.79 Å². The lowest BCUT2D eigenvalue weighted by atomic mass is 9.96. The van der Waals surface area contributed by atoms with Crippen LogP contribution >= 0.6 is 11.8 Å². The zero-order chi connectivity index (χ0) is 10.1. The Morgan fingerprint density at radius 2 is 2.31 bits per heavy atom. The third-order valence-electron chi connectivity index (χ3n) is 2.67. The topological polar surface area (TPSA) is 37.3 Å². The lowest BCUT2D eigenvalue weighted by Crippen LogP contribution is -2.32.